The van der Waals surface area contributed by atoms with Gasteiger partial charge in [-0.1, -0.05) is 11.6 Å². The SMILES string of the molecule is O=C(O)COc1ccc(Cl)cc1Oc1cncnc1. The Balaban J connectivity index is 2.22. The van der Waals surface area contributed by atoms with E-state index in [0.717, 1.165) is 0 Å². The fraction of sp³-hybridized carbons (Fsp3) is 0.0833. The second kappa shape index (κ2) is 6.01. The number of benzene rings is 1. The largest absolute Gasteiger partial charge is 0.479 e. The lowest BCUT2D eigenvalue weighted by Crippen LogP contribution is -2.09. The minimum absolute atomic E-state index is 0.274. The summed E-state index contributed by atoms with van der Waals surface area (Å²) in [5, 5.41) is 9.04. The summed E-state index contributed by atoms with van der Waals surface area (Å²) in [6.45, 7) is -0.469. The van der Waals surface area contributed by atoms with Gasteiger partial charge in [0.05, 0.1) is 12.4 Å². The first kappa shape index (κ1) is 13.1. The first-order valence-electron chi connectivity index (χ1n) is 5.22. The summed E-state index contributed by atoms with van der Waals surface area (Å²) in [5.74, 6) is -0.118. The van der Waals surface area contributed by atoms with Crippen LogP contribution < -0.4 is 9.47 Å². The molecule has 0 atom stereocenters. The van der Waals surface area contributed by atoms with Crippen molar-refractivity contribution >= 4 is 17.6 Å². The summed E-state index contributed by atoms with van der Waals surface area (Å²) in [5.41, 5.74) is 0. The predicted molar refractivity (Wildman–Crippen MR) is 66.7 cm³/mol. The van der Waals surface area contributed by atoms with Crippen molar-refractivity contribution in [1.29, 1.82) is 0 Å². The Bertz CT molecular complexity index is 577. The molecule has 0 saturated heterocycles. The van der Waals surface area contributed by atoms with Crippen molar-refractivity contribution in [3.63, 3.8) is 0 Å². The highest BCUT2D eigenvalue weighted by Crippen LogP contribution is 2.33. The monoisotopic (exact) mass is 280 g/mol. The highest BCUT2D eigenvalue weighted by Gasteiger charge is 2.09. The van der Waals surface area contributed by atoms with Crippen molar-refractivity contribution in [2.75, 3.05) is 6.61 Å². The lowest BCUT2D eigenvalue weighted by molar-refractivity contribution is -0.139. The molecular formula is C12H9ClN2O4. The molecule has 1 N–H and O–H groups in total. The van der Waals surface area contributed by atoms with E-state index in [0.29, 0.717) is 16.5 Å². The van der Waals surface area contributed by atoms with Crippen LogP contribution in [0.4, 0.5) is 0 Å². The number of halogens is 1. The highest BCUT2D eigenvalue weighted by atomic mass is 35.5. The van der Waals surface area contributed by atoms with Crippen LogP contribution in [0.5, 0.6) is 17.2 Å². The van der Waals surface area contributed by atoms with Gasteiger partial charge in [0.2, 0.25) is 0 Å². The normalized spacial score (nSPS) is 9.95. The molecule has 0 saturated carbocycles. The number of rotatable bonds is 5. The zero-order valence-corrected chi connectivity index (χ0v) is 10.4. The number of aliphatic carboxylic acids is 1. The van der Waals surface area contributed by atoms with E-state index in [9.17, 15) is 4.79 Å². The van der Waals surface area contributed by atoms with E-state index < -0.39 is 12.6 Å². The second-order valence-electron chi connectivity index (χ2n) is 3.45. The first-order chi connectivity index (χ1) is 9.15. The molecule has 7 heteroatoms. The third-order valence-electron chi connectivity index (χ3n) is 2.02. The number of carboxylic acid groups (broad SMARTS) is 1. The van der Waals surface area contributed by atoms with Gasteiger partial charge in [0.25, 0.3) is 0 Å². The van der Waals surface area contributed by atoms with Crippen LogP contribution in [0.3, 0.4) is 0 Å². The van der Waals surface area contributed by atoms with Crippen molar-refractivity contribution in [1.82, 2.24) is 9.97 Å². The summed E-state index contributed by atoms with van der Waals surface area (Å²) in [6.07, 6.45) is 4.30. The smallest absolute Gasteiger partial charge is 0.341 e. The molecule has 0 aliphatic heterocycles. The minimum Gasteiger partial charge on any atom is -0.479 e. The van der Waals surface area contributed by atoms with Crippen LogP contribution in [0.2, 0.25) is 5.02 Å². The molecule has 0 aliphatic rings. The maximum Gasteiger partial charge on any atom is 0.341 e. The molecule has 1 aromatic carbocycles. The molecule has 2 aromatic rings. The van der Waals surface area contributed by atoms with Crippen LogP contribution in [-0.4, -0.2) is 27.7 Å². The average Bonchev–Trinajstić information content (AvgIpc) is 2.39. The summed E-state index contributed by atoms with van der Waals surface area (Å²) < 4.78 is 10.6. The fourth-order valence-corrected chi connectivity index (χ4v) is 1.45. The van der Waals surface area contributed by atoms with Crippen molar-refractivity contribution in [3.05, 3.63) is 41.9 Å². The van der Waals surface area contributed by atoms with Crippen LogP contribution in [0.25, 0.3) is 0 Å². The van der Waals surface area contributed by atoms with Gasteiger partial charge in [0.15, 0.2) is 23.9 Å². The average molecular weight is 281 g/mol. The first-order valence-corrected chi connectivity index (χ1v) is 5.60. The molecule has 0 bridgehead atoms. The molecule has 0 radical (unpaired) electrons. The lowest BCUT2D eigenvalue weighted by atomic mass is 10.3. The summed E-state index contributed by atoms with van der Waals surface area (Å²) in [6, 6.07) is 4.63. The number of hydrogen-bond acceptors (Lipinski definition) is 5. The van der Waals surface area contributed by atoms with E-state index in [4.69, 9.17) is 26.2 Å². The molecule has 0 spiro atoms. The zero-order valence-electron chi connectivity index (χ0n) is 9.62. The van der Waals surface area contributed by atoms with Crippen molar-refractivity contribution in [2.45, 2.75) is 0 Å². The zero-order chi connectivity index (χ0) is 13.7. The maximum absolute atomic E-state index is 10.5. The van der Waals surface area contributed by atoms with Gasteiger partial charge in [0, 0.05) is 11.1 Å². The van der Waals surface area contributed by atoms with Crippen LogP contribution in [0.1, 0.15) is 0 Å². The topological polar surface area (TPSA) is 81.5 Å². The number of ether oxygens (including phenoxy) is 2. The number of aromatic nitrogens is 2. The molecule has 0 unspecified atom stereocenters. The Kier molecular flexibility index (Phi) is 4.15. The Labute approximate surface area is 113 Å². The Morgan fingerprint density at radius 1 is 1.26 bits per heavy atom. The molecule has 19 heavy (non-hydrogen) atoms. The van der Waals surface area contributed by atoms with Crippen LogP contribution in [-0.2, 0) is 4.79 Å². The second-order valence-corrected chi connectivity index (χ2v) is 3.89. The van der Waals surface area contributed by atoms with Gasteiger partial charge in [-0.2, -0.15) is 0 Å². The molecule has 6 nitrogen and oxygen atoms in total. The molecular weight excluding hydrogens is 272 g/mol. The van der Waals surface area contributed by atoms with Crippen LogP contribution in [0.15, 0.2) is 36.9 Å². The molecule has 1 aromatic heterocycles. The molecule has 0 fully saturated rings. The third-order valence-corrected chi connectivity index (χ3v) is 2.26. The van der Waals surface area contributed by atoms with Gasteiger partial charge in [-0.05, 0) is 12.1 Å². The number of carboxylic acids is 1. The standard InChI is InChI=1S/C12H9ClN2O4/c13-8-1-2-10(18-6-12(16)17)11(3-8)19-9-4-14-7-15-5-9/h1-5,7H,6H2,(H,16,17). The van der Waals surface area contributed by atoms with E-state index in [1.54, 1.807) is 6.07 Å². The summed E-state index contributed by atoms with van der Waals surface area (Å²) >= 11 is 5.86. The molecule has 98 valence electrons. The molecule has 0 aliphatic carbocycles. The van der Waals surface area contributed by atoms with Crippen LogP contribution in [0, 0.1) is 0 Å². The number of nitrogens with zero attached hydrogens (tertiary/aromatic N) is 2. The molecule has 2 rings (SSSR count). The highest BCUT2D eigenvalue weighted by molar-refractivity contribution is 6.30. The van der Waals surface area contributed by atoms with Crippen molar-refractivity contribution < 1.29 is 19.4 Å². The van der Waals surface area contributed by atoms with Crippen molar-refractivity contribution in [3.8, 4) is 17.2 Å². The predicted octanol–water partition coefficient (Wildman–Crippen LogP) is 2.39. The van der Waals surface area contributed by atoms with E-state index in [2.05, 4.69) is 9.97 Å². The van der Waals surface area contributed by atoms with Gasteiger partial charge in [0.1, 0.15) is 6.33 Å². The minimum atomic E-state index is -1.08. The quantitative estimate of drug-likeness (QED) is 0.905. The number of carbonyl (C=O) groups is 1. The van der Waals surface area contributed by atoms with Crippen LogP contribution >= 0.6 is 11.6 Å². The van der Waals surface area contributed by atoms with Gasteiger partial charge in [-0.3, -0.25) is 0 Å². The van der Waals surface area contributed by atoms with Crippen molar-refractivity contribution in [2.24, 2.45) is 0 Å². The van der Waals surface area contributed by atoms with E-state index in [-0.39, 0.29) is 5.75 Å². The van der Waals surface area contributed by atoms with E-state index in [1.165, 1.54) is 30.9 Å². The van der Waals surface area contributed by atoms with E-state index in [1.807, 2.05) is 0 Å². The Morgan fingerprint density at radius 2 is 2.00 bits per heavy atom. The Morgan fingerprint density at radius 3 is 2.68 bits per heavy atom. The maximum atomic E-state index is 10.5. The number of hydrogen-bond donors (Lipinski definition) is 1. The molecule has 0 amide bonds. The molecule has 1 heterocycles. The lowest BCUT2D eigenvalue weighted by Gasteiger charge is -2.11. The summed E-state index contributed by atoms with van der Waals surface area (Å²) in [4.78, 5) is 18.1. The summed E-state index contributed by atoms with van der Waals surface area (Å²) in [7, 11) is 0. The fourth-order valence-electron chi connectivity index (χ4n) is 1.29. The van der Waals surface area contributed by atoms with Gasteiger partial charge in [-0.15, -0.1) is 0 Å². The third kappa shape index (κ3) is 3.82. The van der Waals surface area contributed by atoms with Gasteiger partial charge < -0.3 is 14.6 Å². The van der Waals surface area contributed by atoms with E-state index >= 15 is 0 Å². The van der Waals surface area contributed by atoms with Gasteiger partial charge >= 0.3 is 5.97 Å². The van der Waals surface area contributed by atoms with Gasteiger partial charge in [-0.25, -0.2) is 14.8 Å². The Hall–Kier alpha value is -2.34.